The molecule has 0 aromatic heterocycles. The molecule has 4 nitrogen and oxygen atoms in total. The Balaban J connectivity index is 2.33. The van der Waals surface area contributed by atoms with Gasteiger partial charge in [-0.05, 0) is 30.5 Å². The van der Waals surface area contributed by atoms with Gasteiger partial charge >= 0.3 is 0 Å². The summed E-state index contributed by atoms with van der Waals surface area (Å²) < 4.78 is 26.8. The van der Waals surface area contributed by atoms with Crippen molar-refractivity contribution in [3.8, 4) is 0 Å². The lowest BCUT2D eigenvalue weighted by atomic mass is 9.92. The largest absolute Gasteiger partial charge is 0.327 e. The number of hydrogen-bond acceptors (Lipinski definition) is 3. The molecule has 0 saturated carbocycles. The topological polar surface area (TPSA) is 63.4 Å². The van der Waals surface area contributed by atoms with E-state index < -0.39 is 10.0 Å². The molecule has 1 fully saturated rings. The van der Waals surface area contributed by atoms with Gasteiger partial charge in [0.05, 0.1) is 5.02 Å². The highest BCUT2D eigenvalue weighted by molar-refractivity contribution is 7.89. The standard InChI is InChI=1S/C13H18Cl2N2O2S/c1-2-9-8-17(6-5-12(9)16)20(18,19)13-7-10(14)3-4-11(13)15/h3-4,7,9,12H,2,5-6,8,16H2,1H3. The predicted molar refractivity (Wildman–Crippen MR) is 81.6 cm³/mol. The van der Waals surface area contributed by atoms with E-state index in [4.69, 9.17) is 28.9 Å². The predicted octanol–water partition coefficient (Wildman–Crippen LogP) is 2.74. The van der Waals surface area contributed by atoms with Crippen molar-refractivity contribution in [3.63, 3.8) is 0 Å². The van der Waals surface area contributed by atoms with E-state index in [0.717, 1.165) is 6.42 Å². The summed E-state index contributed by atoms with van der Waals surface area (Å²) in [6, 6.07) is 4.53. The summed E-state index contributed by atoms with van der Waals surface area (Å²) in [4.78, 5) is 0.0667. The summed E-state index contributed by atoms with van der Waals surface area (Å²) in [5.74, 6) is 0.177. The smallest absolute Gasteiger partial charge is 0.244 e. The Morgan fingerprint density at radius 2 is 2.10 bits per heavy atom. The first-order valence-corrected chi connectivity index (χ1v) is 8.76. The molecule has 1 aromatic carbocycles. The molecule has 2 unspecified atom stereocenters. The number of halogens is 2. The molecule has 7 heteroatoms. The lowest BCUT2D eigenvalue weighted by Gasteiger charge is -2.35. The molecule has 1 aromatic rings. The van der Waals surface area contributed by atoms with Crippen molar-refractivity contribution >= 4 is 33.2 Å². The van der Waals surface area contributed by atoms with Crippen LogP contribution < -0.4 is 5.73 Å². The number of piperidine rings is 1. The molecule has 2 rings (SSSR count). The van der Waals surface area contributed by atoms with Crippen LogP contribution >= 0.6 is 23.2 Å². The third-order valence-electron chi connectivity index (χ3n) is 3.79. The zero-order valence-corrected chi connectivity index (χ0v) is 13.5. The van der Waals surface area contributed by atoms with E-state index in [1.807, 2.05) is 6.92 Å². The molecule has 0 radical (unpaired) electrons. The van der Waals surface area contributed by atoms with Crippen LogP contribution in [-0.4, -0.2) is 31.9 Å². The first kappa shape index (κ1) is 16.0. The first-order valence-electron chi connectivity index (χ1n) is 6.57. The fourth-order valence-electron chi connectivity index (χ4n) is 2.48. The van der Waals surface area contributed by atoms with Gasteiger partial charge in [0.2, 0.25) is 10.0 Å². The third kappa shape index (κ3) is 3.12. The maximum absolute atomic E-state index is 12.7. The van der Waals surface area contributed by atoms with Crippen LogP contribution in [0, 0.1) is 5.92 Å². The second kappa shape index (κ2) is 6.20. The van der Waals surface area contributed by atoms with Crippen LogP contribution in [0.15, 0.2) is 23.1 Å². The normalized spacial score (nSPS) is 24.8. The molecular formula is C13H18Cl2N2O2S. The fourth-order valence-corrected chi connectivity index (χ4v) is 4.73. The van der Waals surface area contributed by atoms with Crippen molar-refractivity contribution in [1.29, 1.82) is 0 Å². The average molecular weight is 337 g/mol. The molecule has 20 heavy (non-hydrogen) atoms. The molecule has 1 aliphatic heterocycles. The van der Waals surface area contributed by atoms with Gasteiger partial charge in [-0.25, -0.2) is 8.42 Å². The van der Waals surface area contributed by atoms with Gasteiger partial charge in [-0.2, -0.15) is 4.31 Å². The summed E-state index contributed by atoms with van der Waals surface area (Å²) in [5, 5.41) is 0.547. The molecule has 0 spiro atoms. The first-order chi connectivity index (χ1) is 9.36. The van der Waals surface area contributed by atoms with Gasteiger partial charge in [-0.1, -0.05) is 36.5 Å². The zero-order valence-electron chi connectivity index (χ0n) is 11.2. The number of nitrogens with two attached hydrogens (primary N) is 1. The fraction of sp³-hybridized carbons (Fsp3) is 0.538. The lowest BCUT2D eigenvalue weighted by Crippen LogP contribution is -2.48. The number of sulfonamides is 1. The Hall–Kier alpha value is -0.330. The second-order valence-electron chi connectivity index (χ2n) is 5.06. The van der Waals surface area contributed by atoms with Gasteiger partial charge in [0.25, 0.3) is 0 Å². The summed E-state index contributed by atoms with van der Waals surface area (Å²) in [6.07, 6.45) is 1.52. The summed E-state index contributed by atoms with van der Waals surface area (Å²) in [7, 11) is -3.62. The molecule has 0 amide bonds. The van der Waals surface area contributed by atoms with Crippen LogP contribution in [0.5, 0.6) is 0 Å². The van der Waals surface area contributed by atoms with Gasteiger partial charge in [0.15, 0.2) is 0 Å². The number of rotatable bonds is 3. The van der Waals surface area contributed by atoms with Crippen molar-refractivity contribution < 1.29 is 8.42 Å². The highest BCUT2D eigenvalue weighted by atomic mass is 35.5. The van der Waals surface area contributed by atoms with E-state index in [-0.39, 0.29) is 21.9 Å². The Bertz CT molecular complexity index is 592. The monoisotopic (exact) mass is 336 g/mol. The van der Waals surface area contributed by atoms with Gasteiger partial charge in [-0.15, -0.1) is 0 Å². The van der Waals surface area contributed by atoms with Crippen molar-refractivity contribution in [2.45, 2.75) is 30.7 Å². The Kier molecular flexibility index (Phi) is 4.97. The molecule has 1 heterocycles. The molecule has 1 saturated heterocycles. The molecule has 1 aliphatic rings. The van der Waals surface area contributed by atoms with Crippen LogP contribution in [0.25, 0.3) is 0 Å². The molecule has 2 N–H and O–H groups in total. The Labute approximate surface area is 129 Å². The number of nitrogens with zero attached hydrogens (tertiary/aromatic N) is 1. The van der Waals surface area contributed by atoms with Crippen LogP contribution in [0.3, 0.4) is 0 Å². The van der Waals surface area contributed by atoms with Crippen LogP contribution in [-0.2, 0) is 10.0 Å². The Morgan fingerprint density at radius 3 is 2.75 bits per heavy atom. The van der Waals surface area contributed by atoms with Crippen LogP contribution in [0.4, 0.5) is 0 Å². The van der Waals surface area contributed by atoms with Crippen molar-refractivity contribution in [3.05, 3.63) is 28.2 Å². The minimum absolute atomic E-state index is 0.0567. The van der Waals surface area contributed by atoms with Gasteiger partial charge in [0.1, 0.15) is 4.90 Å². The van der Waals surface area contributed by atoms with Gasteiger partial charge in [0, 0.05) is 24.2 Å². The summed E-state index contributed by atoms with van der Waals surface area (Å²) >= 11 is 11.9. The quantitative estimate of drug-likeness (QED) is 0.922. The second-order valence-corrected chi connectivity index (χ2v) is 7.81. The van der Waals surface area contributed by atoms with E-state index in [1.165, 1.54) is 16.4 Å². The molecule has 0 bridgehead atoms. The van der Waals surface area contributed by atoms with E-state index in [2.05, 4.69) is 0 Å². The summed E-state index contributed by atoms with van der Waals surface area (Å²) in [6.45, 7) is 2.87. The van der Waals surface area contributed by atoms with E-state index in [0.29, 0.717) is 24.5 Å². The van der Waals surface area contributed by atoms with Crippen LogP contribution in [0.1, 0.15) is 19.8 Å². The maximum atomic E-state index is 12.7. The Morgan fingerprint density at radius 1 is 1.40 bits per heavy atom. The van der Waals surface area contributed by atoms with Crippen molar-refractivity contribution in [2.24, 2.45) is 11.7 Å². The lowest BCUT2D eigenvalue weighted by molar-refractivity contribution is 0.230. The SMILES string of the molecule is CCC1CN(S(=O)(=O)c2cc(Cl)ccc2Cl)CCC1N. The zero-order chi connectivity index (χ0) is 14.9. The van der Waals surface area contributed by atoms with Crippen molar-refractivity contribution in [2.75, 3.05) is 13.1 Å². The average Bonchev–Trinajstić information content (AvgIpc) is 2.41. The number of hydrogen-bond donors (Lipinski definition) is 1. The highest BCUT2D eigenvalue weighted by Gasteiger charge is 2.34. The molecule has 0 aliphatic carbocycles. The highest BCUT2D eigenvalue weighted by Crippen LogP contribution is 2.30. The van der Waals surface area contributed by atoms with E-state index >= 15 is 0 Å². The van der Waals surface area contributed by atoms with E-state index in [1.54, 1.807) is 6.07 Å². The third-order valence-corrected chi connectivity index (χ3v) is 6.37. The minimum Gasteiger partial charge on any atom is -0.327 e. The summed E-state index contributed by atoms with van der Waals surface area (Å²) in [5.41, 5.74) is 6.02. The van der Waals surface area contributed by atoms with Crippen LogP contribution in [0.2, 0.25) is 10.0 Å². The van der Waals surface area contributed by atoms with Gasteiger partial charge < -0.3 is 5.73 Å². The maximum Gasteiger partial charge on any atom is 0.244 e. The minimum atomic E-state index is -3.62. The van der Waals surface area contributed by atoms with E-state index in [9.17, 15) is 8.42 Å². The molecule has 112 valence electrons. The van der Waals surface area contributed by atoms with Crippen molar-refractivity contribution in [1.82, 2.24) is 4.31 Å². The molecular weight excluding hydrogens is 319 g/mol. The molecule has 2 atom stereocenters. The number of benzene rings is 1. The van der Waals surface area contributed by atoms with Gasteiger partial charge in [-0.3, -0.25) is 0 Å².